The molecule has 0 bridgehead atoms. The second kappa shape index (κ2) is 9.50. The topological polar surface area (TPSA) is 80.5 Å². The maximum absolute atomic E-state index is 11.9. The number of carbonyl (C=O) groups is 1. The zero-order valence-corrected chi connectivity index (χ0v) is 16.1. The Morgan fingerprint density at radius 3 is 2.67 bits per heavy atom. The summed E-state index contributed by atoms with van der Waals surface area (Å²) in [5, 5.41) is 6.86. The molecule has 2 aromatic rings. The third-order valence-electron chi connectivity index (χ3n) is 4.60. The molecule has 0 aliphatic carbocycles. The number of hydrogen-bond acceptors (Lipinski definition) is 6. The number of nitrogens with zero attached hydrogens (tertiary/aromatic N) is 3. The molecule has 146 valence electrons. The van der Waals surface area contributed by atoms with E-state index in [1.165, 1.54) is 25.9 Å². The Bertz CT molecular complexity index is 721. The number of carbonyl (C=O) groups excluding carboxylic acids is 1. The van der Waals surface area contributed by atoms with Gasteiger partial charge in [0.1, 0.15) is 5.75 Å². The van der Waals surface area contributed by atoms with Gasteiger partial charge >= 0.3 is 0 Å². The van der Waals surface area contributed by atoms with Crippen LogP contribution in [-0.2, 0) is 4.79 Å². The standard InChI is InChI=1S/C20H28N4O3/c1-15(2)19-22-20(27-23-19)16-6-8-17(9-7-16)26-14-18(25)21-10-5-13-24-11-3-4-12-24/h6-9,15H,3-5,10-14H2,1-2H3,(H,21,25). The fourth-order valence-electron chi connectivity index (χ4n) is 3.02. The second-order valence-electron chi connectivity index (χ2n) is 7.18. The molecule has 1 aliphatic heterocycles. The summed E-state index contributed by atoms with van der Waals surface area (Å²) < 4.78 is 10.8. The molecule has 1 saturated heterocycles. The van der Waals surface area contributed by atoms with Crippen LogP contribution in [0.4, 0.5) is 0 Å². The maximum Gasteiger partial charge on any atom is 0.257 e. The van der Waals surface area contributed by atoms with Gasteiger partial charge in [0.15, 0.2) is 12.4 Å². The second-order valence-corrected chi connectivity index (χ2v) is 7.18. The molecule has 1 fully saturated rings. The lowest BCUT2D eigenvalue weighted by molar-refractivity contribution is -0.123. The summed E-state index contributed by atoms with van der Waals surface area (Å²) >= 11 is 0. The van der Waals surface area contributed by atoms with Crippen LogP contribution in [0.1, 0.15) is 44.9 Å². The molecule has 0 atom stereocenters. The van der Waals surface area contributed by atoms with Gasteiger partial charge in [0.2, 0.25) is 0 Å². The van der Waals surface area contributed by atoms with Crippen molar-refractivity contribution in [2.75, 3.05) is 32.8 Å². The lowest BCUT2D eigenvalue weighted by Crippen LogP contribution is -2.31. The number of benzene rings is 1. The largest absolute Gasteiger partial charge is 0.484 e. The first kappa shape index (κ1) is 19.4. The Morgan fingerprint density at radius 1 is 1.26 bits per heavy atom. The van der Waals surface area contributed by atoms with E-state index < -0.39 is 0 Å². The highest BCUT2D eigenvalue weighted by Gasteiger charge is 2.12. The first-order chi connectivity index (χ1) is 13.1. The van der Waals surface area contributed by atoms with Gasteiger partial charge in [0.25, 0.3) is 11.8 Å². The minimum Gasteiger partial charge on any atom is -0.484 e. The zero-order chi connectivity index (χ0) is 19.1. The van der Waals surface area contributed by atoms with Crippen molar-refractivity contribution in [1.82, 2.24) is 20.4 Å². The Balaban J connectivity index is 1.38. The van der Waals surface area contributed by atoms with E-state index >= 15 is 0 Å². The molecular weight excluding hydrogens is 344 g/mol. The Kier molecular flexibility index (Phi) is 6.81. The summed E-state index contributed by atoms with van der Waals surface area (Å²) in [5.41, 5.74) is 0.827. The van der Waals surface area contributed by atoms with Gasteiger partial charge < -0.3 is 19.5 Å². The van der Waals surface area contributed by atoms with Crippen LogP contribution in [0, 0.1) is 0 Å². The van der Waals surface area contributed by atoms with E-state index in [1.807, 2.05) is 26.0 Å². The lowest BCUT2D eigenvalue weighted by atomic mass is 10.2. The molecule has 1 aromatic carbocycles. The summed E-state index contributed by atoms with van der Waals surface area (Å²) in [6.07, 6.45) is 3.57. The Morgan fingerprint density at radius 2 is 2.00 bits per heavy atom. The van der Waals surface area contributed by atoms with Crippen molar-refractivity contribution in [1.29, 1.82) is 0 Å². The molecule has 1 aromatic heterocycles. The molecule has 1 amide bonds. The minimum absolute atomic E-state index is 0.0150. The van der Waals surface area contributed by atoms with Crippen molar-refractivity contribution in [2.24, 2.45) is 0 Å². The van der Waals surface area contributed by atoms with Crippen LogP contribution in [0.3, 0.4) is 0 Å². The molecule has 0 saturated carbocycles. The molecule has 2 heterocycles. The van der Waals surface area contributed by atoms with E-state index in [4.69, 9.17) is 9.26 Å². The Labute approximate surface area is 160 Å². The molecule has 0 spiro atoms. The van der Waals surface area contributed by atoms with Gasteiger partial charge in [-0.2, -0.15) is 4.98 Å². The van der Waals surface area contributed by atoms with E-state index in [1.54, 1.807) is 12.1 Å². The van der Waals surface area contributed by atoms with Gasteiger partial charge in [-0.1, -0.05) is 19.0 Å². The highest BCUT2D eigenvalue weighted by atomic mass is 16.5. The van der Waals surface area contributed by atoms with E-state index in [0.717, 1.165) is 18.5 Å². The zero-order valence-electron chi connectivity index (χ0n) is 16.1. The average molecular weight is 372 g/mol. The van der Waals surface area contributed by atoms with Crippen molar-refractivity contribution in [3.05, 3.63) is 30.1 Å². The number of ether oxygens (including phenoxy) is 1. The van der Waals surface area contributed by atoms with E-state index in [-0.39, 0.29) is 18.4 Å². The SMILES string of the molecule is CC(C)c1noc(-c2ccc(OCC(=O)NCCCN3CCCC3)cc2)n1. The van der Waals surface area contributed by atoms with Crippen LogP contribution in [0.25, 0.3) is 11.5 Å². The van der Waals surface area contributed by atoms with Crippen LogP contribution in [-0.4, -0.2) is 53.7 Å². The lowest BCUT2D eigenvalue weighted by Gasteiger charge is -2.14. The number of rotatable bonds is 9. The quantitative estimate of drug-likeness (QED) is 0.682. The first-order valence-electron chi connectivity index (χ1n) is 9.67. The van der Waals surface area contributed by atoms with Gasteiger partial charge in [0, 0.05) is 18.0 Å². The van der Waals surface area contributed by atoms with Crippen molar-refractivity contribution in [3.63, 3.8) is 0 Å². The first-order valence-corrected chi connectivity index (χ1v) is 9.67. The number of nitrogens with one attached hydrogen (secondary N) is 1. The number of amides is 1. The van der Waals surface area contributed by atoms with Gasteiger partial charge in [-0.15, -0.1) is 0 Å². The molecule has 3 rings (SSSR count). The molecule has 1 aliphatic rings. The highest BCUT2D eigenvalue weighted by Crippen LogP contribution is 2.22. The molecular formula is C20H28N4O3. The molecule has 7 nitrogen and oxygen atoms in total. The van der Waals surface area contributed by atoms with E-state index in [0.29, 0.717) is 24.0 Å². The van der Waals surface area contributed by atoms with Gasteiger partial charge in [-0.3, -0.25) is 4.79 Å². The van der Waals surface area contributed by atoms with Crippen molar-refractivity contribution < 1.29 is 14.1 Å². The highest BCUT2D eigenvalue weighted by molar-refractivity contribution is 5.77. The molecule has 0 radical (unpaired) electrons. The summed E-state index contributed by atoms with van der Waals surface area (Å²) in [5.74, 6) is 1.93. The smallest absolute Gasteiger partial charge is 0.257 e. The summed E-state index contributed by atoms with van der Waals surface area (Å²) in [6.45, 7) is 8.17. The van der Waals surface area contributed by atoms with Crippen molar-refractivity contribution >= 4 is 5.91 Å². The van der Waals surface area contributed by atoms with Gasteiger partial charge in [-0.25, -0.2) is 0 Å². The molecule has 0 unspecified atom stereocenters. The predicted molar refractivity (Wildman–Crippen MR) is 103 cm³/mol. The van der Waals surface area contributed by atoms with Crippen molar-refractivity contribution in [2.45, 2.75) is 39.0 Å². The fourth-order valence-corrected chi connectivity index (χ4v) is 3.02. The molecule has 27 heavy (non-hydrogen) atoms. The van der Waals surface area contributed by atoms with Crippen molar-refractivity contribution in [3.8, 4) is 17.2 Å². The number of likely N-dealkylation sites (tertiary alicyclic amines) is 1. The summed E-state index contributed by atoms with van der Waals surface area (Å²) in [4.78, 5) is 18.7. The normalized spacial score (nSPS) is 14.6. The van der Waals surface area contributed by atoms with Gasteiger partial charge in [-0.05, 0) is 63.2 Å². The van der Waals surface area contributed by atoms with Gasteiger partial charge in [0.05, 0.1) is 0 Å². The third kappa shape index (κ3) is 5.79. The Hall–Kier alpha value is -2.41. The van der Waals surface area contributed by atoms with Crippen LogP contribution in [0.15, 0.2) is 28.8 Å². The predicted octanol–water partition coefficient (Wildman–Crippen LogP) is 2.84. The molecule has 1 N–H and O–H groups in total. The van der Waals surface area contributed by atoms with Crippen LogP contribution in [0.5, 0.6) is 5.75 Å². The van der Waals surface area contributed by atoms with E-state index in [9.17, 15) is 4.79 Å². The fraction of sp³-hybridized carbons (Fsp3) is 0.550. The van der Waals surface area contributed by atoms with Crippen LogP contribution >= 0.6 is 0 Å². The monoisotopic (exact) mass is 372 g/mol. The number of hydrogen-bond donors (Lipinski definition) is 1. The maximum atomic E-state index is 11.9. The van der Waals surface area contributed by atoms with E-state index in [2.05, 4.69) is 20.4 Å². The van der Waals surface area contributed by atoms with Crippen LogP contribution in [0.2, 0.25) is 0 Å². The van der Waals surface area contributed by atoms with Crippen LogP contribution < -0.4 is 10.1 Å². The average Bonchev–Trinajstić information content (AvgIpc) is 3.36. The number of aromatic nitrogens is 2. The third-order valence-corrected chi connectivity index (χ3v) is 4.60. The summed E-state index contributed by atoms with van der Waals surface area (Å²) in [7, 11) is 0. The minimum atomic E-state index is -0.0982. The summed E-state index contributed by atoms with van der Waals surface area (Å²) in [6, 6.07) is 7.30. The molecule has 7 heteroatoms.